The first-order valence-electron chi connectivity index (χ1n) is 8.52. The van der Waals surface area contributed by atoms with Crippen molar-refractivity contribution >= 4 is 34.8 Å². The molecule has 6 nitrogen and oxygen atoms in total. The topological polar surface area (TPSA) is 58.4 Å². The van der Waals surface area contributed by atoms with Crippen LogP contribution in [0.25, 0.3) is 0 Å². The number of halogens is 3. The summed E-state index contributed by atoms with van der Waals surface area (Å²) in [7, 11) is 0. The zero-order chi connectivity index (χ0) is 19.6. The fourth-order valence-electron chi connectivity index (χ4n) is 2.98. The number of ether oxygens (including phenoxy) is 3. The van der Waals surface area contributed by atoms with Crippen molar-refractivity contribution in [3.63, 3.8) is 0 Å². The maximum Gasteiger partial charge on any atom is 0.215 e. The molecule has 0 spiro atoms. The van der Waals surface area contributed by atoms with E-state index in [0.717, 1.165) is 5.56 Å². The zero-order valence-corrected chi connectivity index (χ0v) is 16.9. The van der Waals surface area contributed by atoms with Gasteiger partial charge in [0.25, 0.3) is 0 Å². The van der Waals surface area contributed by atoms with Crippen LogP contribution in [0.5, 0.6) is 5.75 Å². The summed E-state index contributed by atoms with van der Waals surface area (Å²) in [5.41, 5.74) is 0.833. The van der Waals surface area contributed by atoms with Crippen LogP contribution in [-0.4, -0.2) is 34.1 Å². The highest BCUT2D eigenvalue weighted by Crippen LogP contribution is 2.37. The van der Waals surface area contributed by atoms with Crippen molar-refractivity contribution in [2.45, 2.75) is 18.4 Å². The summed E-state index contributed by atoms with van der Waals surface area (Å²) in [6.45, 7) is 0.962. The third-order valence-electron chi connectivity index (χ3n) is 4.30. The fourth-order valence-corrected chi connectivity index (χ4v) is 3.57. The summed E-state index contributed by atoms with van der Waals surface area (Å²) in [5, 5.41) is 5.79. The van der Waals surface area contributed by atoms with Crippen LogP contribution in [0.15, 0.2) is 55.1 Å². The highest BCUT2D eigenvalue weighted by molar-refractivity contribution is 6.35. The molecular weight excluding hydrogens is 425 g/mol. The van der Waals surface area contributed by atoms with Crippen LogP contribution in [0.1, 0.15) is 5.56 Å². The second kappa shape index (κ2) is 8.27. The Hall–Kier alpha value is -1.83. The Morgan fingerprint density at radius 2 is 1.89 bits per heavy atom. The molecule has 1 aromatic heterocycles. The maximum absolute atomic E-state index is 6.29. The molecule has 9 heteroatoms. The molecule has 0 saturated carbocycles. The molecular formula is C19H16Cl3N3O3. The molecule has 2 atom stereocenters. The lowest BCUT2D eigenvalue weighted by molar-refractivity contribution is -0.190. The number of hydrogen-bond acceptors (Lipinski definition) is 5. The van der Waals surface area contributed by atoms with Gasteiger partial charge in [0.1, 0.15) is 37.7 Å². The zero-order valence-electron chi connectivity index (χ0n) is 14.6. The van der Waals surface area contributed by atoms with Gasteiger partial charge in [-0.15, -0.1) is 0 Å². The molecule has 2 heterocycles. The van der Waals surface area contributed by atoms with E-state index in [9.17, 15) is 0 Å². The summed E-state index contributed by atoms with van der Waals surface area (Å²) in [6.07, 6.45) is 2.78. The van der Waals surface area contributed by atoms with Gasteiger partial charge >= 0.3 is 0 Å². The molecule has 0 radical (unpaired) electrons. The van der Waals surface area contributed by atoms with Crippen molar-refractivity contribution in [3.05, 3.63) is 75.8 Å². The Balaban J connectivity index is 1.51. The SMILES string of the molecule is Clc1ccc(C2(Cn3cncn3)OCC(COc3ccc(Cl)cc3Cl)O2)cc1. The Morgan fingerprint density at radius 1 is 1.11 bits per heavy atom. The minimum Gasteiger partial charge on any atom is -0.489 e. The molecule has 0 bridgehead atoms. The summed E-state index contributed by atoms with van der Waals surface area (Å²) in [4.78, 5) is 3.98. The van der Waals surface area contributed by atoms with Crippen molar-refractivity contribution in [2.24, 2.45) is 0 Å². The van der Waals surface area contributed by atoms with Crippen LogP contribution < -0.4 is 4.74 Å². The van der Waals surface area contributed by atoms with Crippen LogP contribution in [0.3, 0.4) is 0 Å². The van der Waals surface area contributed by atoms with Crippen molar-refractivity contribution in [3.8, 4) is 5.75 Å². The first-order chi connectivity index (χ1) is 13.5. The van der Waals surface area contributed by atoms with Gasteiger partial charge in [0.15, 0.2) is 0 Å². The van der Waals surface area contributed by atoms with E-state index in [-0.39, 0.29) is 12.7 Å². The molecule has 1 fully saturated rings. The first-order valence-corrected chi connectivity index (χ1v) is 9.65. The van der Waals surface area contributed by atoms with Crippen molar-refractivity contribution in [1.29, 1.82) is 0 Å². The number of rotatable bonds is 6. The molecule has 4 rings (SSSR count). The molecule has 3 aromatic rings. The Labute approximate surface area is 176 Å². The van der Waals surface area contributed by atoms with Gasteiger partial charge < -0.3 is 14.2 Å². The molecule has 28 heavy (non-hydrogen) atoms. The van der Waals surface area contributed by atoms with Gasteiger partial charge in [-0.3, -0.25) is 0 Å². The summed E-state index contributed by atoms with van der Waals surface area (Å²) >= 11 is 18.1. The van der Waals surface area contributed by atoms with Crippen LogP contribution >= 0.6 is 34.8 Å². The third-order valence-corrected chi connectivity index (χ3v) is 5.08. The van der Waals surface area contributed by atoms with Crippen LogP contribution in [-0.2, 0) is 21.8 Å². The normalized spacial score (nSPS) is 21.8. The highest BCUT2D eigenvalue weighted by Gasteiger charge is 2.44. The summed E-state index contributed by atoms with van der Waals surface area (Å²) in [6, 6.07) is 12.4. The standard InChI is InChI=1S/C19H16Cl3N3O3/c20-14-3-1-13(2-4-14)19(10-25-12-23-11-24-25)27-9-16(28-19)8-26-18-6-5-15(21)7-17(18)22/h1-7,11-12,16H,8-10H2. The monoisotopic (exact) mass is 439 g/mol. The van der Waals surface area contributed by atoms with Gasteiger partial charge in [-0.2, -0.15) is 5.10 Å². The van der Waals surface area contributed by atoms with Gasteiger partial charge in [0.05, 0.1) is 11.6 Å². The maximum atomic E-state index is 6.29. The highest BCUT2D eigenvalue weighted by atomic mass is 35.5. The Morgan fingerprint density at radius 3 is 2.61 bits per heavy atom. The van der Waals surface area contributed by atoms with E-state index in [1.807, 2.05) is 12.1 Å². The van der Waals surface area contributed by atoms with Crippen LogP contribution in [0.2, 0.25) is 15.1 Å². The minimum absolute atomic E-state index is 0.272. The van der Waals surface area contributed by atoms with Crippen molar-refractivity contribution < 1.29 is 14.2 Å². The van der Waals surface area contributed by atoms with Gasteiger partial charge in [-0.25, -0.2) is 9.67 Å². The lowest BCUT2D eigenvalue weighted by Crippen LogP contribution is -2.34. The Kier molecular flexibility index (Phi) is 5.75. The second-order valence-electron chi connectivity index (χ2n) is 6.29. The number of aromatic nitrogens is 3. The van der Waals surface area contributed by atoms with E-state index in [1.165, 1.54) is 6.33 Å². The predicted molar refractivity (Wildman–Crippen MR) is 106 cm³/mol. The second-order valence-corrected chi connectivity index (χ2v) is 7.57. The van der Waals surface area contributed by atoms with Crippen molar-refractivity contribution in [1.82, 2.24) is 14.8 Å². The number of nitrogens with zero attached hydrogens (tertiary/aromatic N) is 3. The first kappa shape index (κ1) is 19.5. The number of benzene rings is 2. The van der Waals surface area contributed by atoms with E-state index in [1.54, 1.807) is 41.3 Å². The third kappa shape index (κ3) is 4.26. The van der Waals surface area contributed by atoms with Gasteiger partial charge in [-0.05, 0) is 30.3 Å². The molecule has 0 aliphatic carbocycles. The van der Waals surface area contributed by atoms with E-state index in [0.29, 0.717) is 34.0 Å². The molecule has 1 saturated heterocycles. The molecule has 0 amide bonds. The van der Waals surface area contributed by atoms with Crippen LogP contribution in [0.4, 0.5) is 0 Å². The Bertz CT molecular complexity index is 937. The van der Waals surface area contributed by atoms with E-state index < -0.39 is 5.79 Å². The van der Waals surface area contributed by atoms with Crippen molar-refractivity contribution in [2.75, 3.05) is 13.2 Å². The summed E-state index contributed by atoms with van der Waals surface area (Å²) < 4.78 is 19.9. The fraction of sp³-hybridized carbons (Fsp3) is 0.263. The quantitative estimate of drug-likeness (QED) is 0.561. The van der Waals surface area contributed by atoms with E-state index >= 15 is 0 Å². The van der Waals surface area contributed by atoms with Crippen LogP contribution in [0, 0.1) is 0 Å². The predicted octanol–water partition coefficient (Wildman–Crippen LogP) is 4.59. The van der Waals surface area contributed by atoms with Gasteiger partial charge in [-0.1, -0.05) is 46.9 Å². The largest absolute Gasteiger partial charge is 0.489 e. The lowest BCUT2D eigenvalue weighted by Gasteiger charge is -2.28. The summed E-state index contributed by atoms with van der Waals surface area (Å²) in [5.74, 6) is -0.481. The van der Waals surface area contributed by atoms with E-state index in [4.69, 9.17) is 49.0 Å². The van der Waals surface area contributed by atoms with Gasteiger partial charge in [0, 0.05) is 15.6 Å². The molecule has 0 N–H and O–H groups in total. The molecule has 1 aliphatic rings. The molecule has 1 aliphatic heterocycles. The smallest absolute Gasteiger partial charge is 0.215 e. The molecule has 2 aromatic carbocycles. The van der Waals surface area contributed by atoms with E-state index in [2.05, 4.69) is 10.1 Å². The average Bonchev–Trinajstić information content (AvgIpc) is 3.33. The van der Waals surface area contributed by atoms with Gasteiger partial charge in [0.2, 0.25) is 5.79 Å². The molecule has 146 valence electrons. The molecule has 2 unspecified atom stereocenters. The minimum atomic E-state index is -1.02. The average molecular weight is 441 g/mol. The number of hydrogen-bond donors (Lipinski definition) is 0. The lowest BCUT2D eigenvalue weighted by atomic mass is 10.1.